The fourth-order valence-electron chi connectivity index (χ4n) is 2.69. The number of nitriles is 1. The molecule has 1 rings (SSSR count). The van der Waals surface area contributed by atoms with Crippen molar-refractivity contribution in [3.8, 4) is 6.07 Å². The van der Waals surface area contributed by atoms with Gasteiger partial charge >= 0.3 is 0 Å². The molecule has 0 amide bonds. The molecule has 0 heterocycles. The van der Waals surface area contributed by atoms with Crippen molar-refractivity contribution in [3.63, 3.8) is 0 Å². The van der Waals surface area contributed by atoms with Crippen LogP contribution in [0.3, 0.4) is 0 Å². The average Bonchev–Trinajstić information content (AvgIpc) is 2.24. The predicted octanol–water partition coefficient (Wildman–Crippen LogP) is 4.17. The molecule has 0 radical (unpaired) electrons. The van der Waals surface area contributed by atoms with E-state index in [2.05, 4.69) is 52.9 Å². The first-order valence-electron chi connectivity index (χ1n) is 6.88. The molecule has 2 nitrogen and oxygen atoms in total. The van der Waals surface area contributed by atoms with Crippen LogP contribution in [0, 0.1) is 23.7 Å². The van der Waals surface area contributed by atoms with Gasteiger partial charge in [-0.1, -0.05) is 26.8 Å². The summed E-state index contributed by atoms with van der Waals surface area (Å²) in [5.41, 5.74) is 3.60. The van der Waals surface area contributed by atoms with E-state index in [1.807, 2.05) is 18.2 Å². The normalized spacial score (nSPS) is 12.3. The van der Waals surface area contributed by atoms with Crippen LogP contribution < -0.4 is 5.32 Å². The molecule has 2 heteroatoms. The molecule has 104 valence electrons. The zero-order chi connectivity index (χ0) is 14.7. The molecular weight excluding hydrogens is 232 g/mol. The SMILES string of the molecule is Cc1cc(C#N)ccc1CNC(C)(C)CC(C)(C)C. The maximum atomic E-state index is 8.87. The Morgan fingerprint density at radius 1 is 1.16 bits per heavy atom. The first kappa shape index (κ1) is 15.7. The van der Waals surface area contributed by atoms with Crippen LogP contribution in [0.15, 0.2) is 18.2 Å². The number of nitrogens with zero attached hydrogens (tertiary/aromatic N) is 1. The quantitative estimate of drug-likeness (QED) is 0.879. The second-order valence-corrected chi connectivity index (χ2v) is 7.23. The Morgan fingerprint density at radius 2 is 1.79 bits per heavy atom. The van der Waals surface area contributed by atoms with Crippen LogP contribution in [0.4, 0.5) is 0 Å². The third kappa shape index (κ3) is 5.44. The van der Waals surface area contributed by atoms with Gasteiger partial charge in [0, 0.05) is 12.1 Å². The molecule has 19 heavy (non-hydrogen) atoms. The van der Waals surface area contributed by atoms with Gasteiger partial charge in [0.15, 0.2) is 0 Å². The number of hydrogen-bond donors (Lipinski definition) is 1. The van der Waals surface area contributed by atoms with Crippen molar-refractivity contribution in [2.24, 2.45) is 5.41 Å². The fraction of sp³-hybridized carbons (Fsp3) is 0.588. The summed E-state index contributed by atoms with van der Waals surface area (Å²) in [4.78, 5) is 0. The Hall–Kier alpha value is -1.33. The second kappa shape index (κ2) is 5.75. The standard InChI is InChI=1S/C17H26N2/c1-13-9-14(10-18)7-8-15(13)11-19-17(5,6)12-16(2,3)4/h7-9,19H,11-12H2,1-6H3. The minimum absolute atomic E-state index is 0.110. The maximum Gasteiger partial charge on any atom is 0.0991 e. The lowest BCUT2D eigenvalue weighted by Crippen LogP contribution is -2.41. The van der Waals surface area contributed by atoms with Gasteiger partial charge in [0.25, 0.3) is 0 Å². The highest BCUT2D eigenvalue weighted by Crippen LogP contribution is 2.27. The first-order valence-corrected chi connectivity index (χ1v) is 6.88. The smallest absolute Gasteiger partial charge is 0.0991 e. The number of benzene rings is 1. The van der Waals surface area contributed by atoms with Crippen LogP contribution in [-0.2, 0) is 6.54 Å². The Balaban J connectivity index is 2.69. The summed E-state index contributed by atoms with van der Waals surface area (Å²) in [5.74, 6) is 0. The van der Waals surface area contributed by atoms with Gasteiger partial charge in [-0.25, -0.2) is 0 Å². The third-order valence-electron chi connectivity index (χ3n) is 3.20. The average molecular weight is 258 g/mol. The van der Waals surface area contributed by atoms with Crippen LogP contribution in [0.25, 0.3) is 0 Å². The molecule has 0 saturated heterocycles. The molecule has 0 saturated carbocycles. The van der Waals surface area contributed by atoms with E-state index in [9.17, 15) is 0 Å². The number of aryl methyl sites for hydroxylation is 1. The van der Waals surface area contributed by atoms with Gasteiger partial charge in [-0.15, -0.1) is 0 Å². The summed E-state index contributed by atoms with van der Waals surface area (Å²) in [7, 11) is 0. The lowest BCUT2D eigenvalue weighted by molar-refractivity contribution is 0.240. The van der Waals surface area contributed by atoms with Crippen molar-refractivity contribution in [1.29, 1.82) is 5.26 Å². The minimum atomic E-state index is 0.110. The highest BCUT2D eigenvalue weighted by molar-refractivity contribution is 5.37. The van der Waals surface area contributed by atoms with Crippen molar-refractivity contribution in [2.45, 2.75) is 60.0 Å². The van der Waals surface area contributed by atoms with E-state index in [1.165, 1.54) is 11.1 Å². The van der Waals surface area contributed by atoms with Gasteiger partial charge in [0.2, 0.25) is 0 Å². The molecular formula is C17H26N2. The molecule has 0 fully saturated rings. The molecule has 0 atom stereocenters. The summed E-state index contributed by atoms with van der Waals surface area (Å²) < 4.78 is 0. The lowest BCUT2D eigenvalue weighted by atomic mass is 9.81. The molecule has 1 aromatic rings. The van der Waals surface area contributed by atoms with Crippen LogP contribution in [0.5, 0.6) is 0 Å². The van der Waals surface area contributed by atoms with Gasteiger partial charge in [-0.05, 0) is 55.9 Å². The van der Waals surface area contributed by atoms with E-state index in [1.54, 1.807) is 0 Å². The maximum absolute atomic E-state index is 8.87. The van der Waals surface area contributed by atoms with Crippen molar-refractivity contribution in [1.82, 2.24) is 5.32 Å². The first-order chi connectivity index (χ1) is 8.63. The van der Waals surface area contributed by atoms with E-state index in [0.29, 0.717) is 5.41 Å². The van der Waals surface area contributed by atoms with Crippen molar-refractivity contribution < 1.29 is 0 Å². The fourth-order valence-corrected chi connectivity index (χ4v) is 2.69. The van der Waals surface area contributed by atoms with E-state index in [0.717, 1.165) is 18.5 Å². The molecule has 0 aliphatic heterocycles. The molecule has 0 aliphatic rings. The second-order valence-electron chi connectivity index (χ2n) is 7.23. The molecule has 0 bridgehead atoms. The van der Waals surface area contributed by atoms with Gasteiger partial charge in [-0.2, -0.15) is 5.26 Å². The molecule has 1 N–H and O–H groups in total. The number of rotatable bonds is 4. The molecule has 1 aromatic carbocycles. The molecule has 0 unspecified atom stereocenters. The highest BCUT2D eigenvalue weighted by Gasteiger charge is 2.24. The monoisotopic (exact) mass is 258 g/mol. The summed E-state index contributed by atoms with van der Waals surface area (Å²) in [6.45, 7) is 14.2. The van der Waals surface area contributed by atoms with Gasteiger partial charge < -0.3 is 5.32 Å². The largest absolute Gasteiger partial charge is 0.308 e. The molecule has 0 aromatic heterocycles. The minimum Gasteiger partial charge on any atom is -0.308 e. The molecule has 0 spiro atoms. The summed E-state index contributed by atoms with van der Waals surface area (Å²) in [6.07, 6.45) is 1.12. The Labute approximate surface area is 117 Å². The Morgan fingerprint density at radius 3 is 2.26 bits per heavy atom. The third-order valence-corrected chi connectivity index (χ3v) is 3.20. The van der Waals surface area contributed by atoms with E-state index in [4.69, 9.17) is 5.26 Å². The molecule has 0 aliphatic carbocycles. The predicted molar refractivity (Wildman–Crippen MR) is 80.9 cm³/mol. The van der Waals surface area contributed by atoms with E-state index >= 15 is 0 Å². The van der Waals surface area contributed by atoms with Gasteiger partial charge in [0.1, 0.15) is 0 Å². The Bertz CT molecular complexity index is 473. The topological polar surface area (TPSA) is 35.8 Å². The van der Waals surface area contributed by atoms with Gasteiger partial charge in [0.05, 0.1) is 11.6 Å². The number of nitrogens with one attached hydrogen (secondary N) is 1. The van der Waals surface area contributed by atoms with Gasteiger partial charge in [-0.3, -0.25) is 0 Å². The van der Waals surface area contributed by atoms with Crippen LogP contribution in [0.2, 0.25) is 0 Å². The van der Waals surface area contributed by atoms with Crippen LogP contribution in [0.1, 0.15) is 57.7 Å². The Kier molecular flexibility index (Phi) is 4.76. The summed E-state index contributed by atoms with van der Waals surface area (Å²) in [5, 5.41) is 12.5. The highest BCUT2D eigenvalue weighted by atomic mass is 15.0. The number of hydrogen-bond acceptors (Lipinski definition) is 2. The van der Waals surface area contributed by atoms with Crippen molar-refractivity contribution in [2.75, 3.05) is 0 Å². The zero-order valence-electron chi connectivity index (χ0n) is 13.1. The summed E-state index contributed by atoms with van der Waals surface area (Å²) in [6, 6.07) is 8.07. The van der Waals surface area contributed by atoms with E-state index in [-0.39, 0.29) is 5.54 Å². The van der Waals surface area contributed by atoms with E-state index < -0.39 is 0 Å². The van der Waals surface area contributed by atoms with Crippen molar-refractivity contribution >= 4 is 0 Å². The van der Waals surface area contributed by atoms with Crippen molar-refractivity contribution in [3.05, 3.63) is 34.9 Å². The lowest BCUT2D eigenvalue weighted by Gasteiger charge is -2.33. The zero-order valence-corrected chi connectivity index (χ0v) is 13.1. The summed E-state index contributed by atoms with van der Waals surface area (Å²) >= 11 is 0. The van der Waals surface area contributed by atoms with Crippen LogP contribution >= 0.6 is 0 Å². The van der Waals surface area contributed by atoms with Crippen LogP contribution in [-0.4, -0.2) is 5.54 Å².